The molecule has 1 heterocycles. The molecule has 18 heavy (non-hydrogen) atoms. The van der Waals surface area contributed by atoms with Gasteiger partial charge in [0.1, 0.15) is 11.5 Å². The molecule has 0 aromatic heterocycles. The van der Waals surface area contributed by atoms with E-state index < -0.39 is 0 Å². The van der Waals surface area contributed by atoms with E-state index in [-0.39, 0.29) is 11.5 Å². The zero-order valence-corrected chi connectivity index (χ0v) is 10.4. The van der Waals surface area contributed by atoms with Crippen molar-refractivity contribution in [3.63, 3.8) is 0 Å². The molecule has 100 valence electrons. The van der Waals surface area contributed by atoms with Crippen molar-refractivity contribution in [2.75, 3.05) is 39.4 Å². The number of nitrogens with zero attached hydrogens (tertiary/aromatic N) is 1. The number of phenolic OH excluding ortho intramolecular Hbond substituents is 2. The normalized spacial score (nSPS) is 16.9. The van der Waals surface area contributed by atoms with Crippen LogP contribution in [0.4, 0.5) is 0 Å². The molecule has 5 nitrogen and oxygen atoms in total. The third kappa shape index (κ3) is 3.87. The smallest absolute Gasteiger partial charge is 0.123 e. The summed E-state index contributed by atoms with van der Waals surface area (Å²) in [6.07, 6.45) is 0. The summed E-state index contributed by atoms with van der Waals surface area (Å²) >= 11 is 0. The molecule has 1 aliphatic heterocycles. The Hall–Kier alpha value is -1.30. The number of hydrogen-bond donors (Lipinski definition) is 3. The van der Waals surface area contributed by atoms with Gasteiger partial charge in [0.25, 0.3) is 0 Å². The fourth-order valence-corrected chi connectivity index (χ4v) is 1.99. The van der Waals surface area contributed by atoms with Gasteiger partial charge in [-0.2, -0.15) is 0 Å². The monoisotopic (exact) mass is 252 g/mol. The molecule has 2 rings (SSSR count). The van der Waals surface area contributed by atoms with Crippen LogP contribution in [0.15, 0.2) is 18.2 Å². The fraction of sp³-hybridized carbons (Fsp3) is 0.538. The Morgan fingerprint density at radius 1 is 1.22 bits per heavy atom. The maximum Gasteiger partial charge on any atom is 0.123 e. The highest BCUT2D eigenvalue weighted by Crippen LogP contribution is 2.21. The van der Waals surface area contributed by atoms with E-state index in [0.29, 0.717) is 6.54 Å². The Morgan fingerprint density at radius 3 is 2.72 bits per heavy atom. The molecular formula is C13H20N2O3. The zero-order valence-electron chi connectivity index (χ0n) is 10.4. The minimum atomic E-state index is 0.0876. The number of nitrogens with one attached hydrogen (secondary N) is 1. The number of benzene rings is 1. The van der Waals surface area contributed by atoms with Crippen LogP contribution in [0.25, 0.3) is 0 Å². The molecule has 0 bridgehead atoms. The van der Waals surface area contributed by atoms with Crippen molar-refractivity contribution in [1.82, 2.24) is 10.2 Å². The molecule has 0 spiro atoms. The van der Waals surface area contributed by atoms with Gasteiger partial charge in [-0.25, -0.2) is 0 Å². The molecule has 1 aliphatic rings. The lowest BCUT2D eigenvalue weighted by Crippen LogP contribution is -2.40. The zero-order chi connectivity index (χ0) is 12.8. The van der Waals surface area contributed by atoms with Crippen LogP contribution in [0.5, 0.6) is 11.5 Å². The molecule has 1 fully saturated rings. The van der Waals surface area contributed by atoms with Gasteiger partial charge in [0.2, 0.25) is 0 Å². The van der Waals surface area contributed by atoms with Crippen LogP contribution in [-0.4, -0.2) is 54.5 Å². The quantitative estimate of drug-likeness (QED) is 0.667. The van der Waals surface area contributed by atoms with Crippen molar-refractivity contribution in [3.8, 4) is 11.5 Å². The van der Waals surface area contributed by atoms with Crippen LogP contribution in [0.3, 0.4) is 0 Å². The highest BCUT2D eigenvalue weighted by Gasteiger charge is 2.09. The van der Waals surface area contributed by atoms with Crippen LogP contribution < -0.4 is 5.32 Å². The molecule has 0 atom stereocenters. The van der Waals surface area contributed by atoms with Gasteiger partial charge < -0.3 is 20.3 Å². The Bertz CT molecular complexity index is 378. The van der Waals surface area contributed by atoms with Crippen LogP contribution in [0, 0.1) is 0 Å². The summed E-state index contributed by atoms with van der Waals surface area (Å²) in [4.78, 5) is 2.35. The van der Waals surface area contributed by atoms with E-state index in [9.17, 15) is 10.2 Å². The standard InChI is InChI=1S/C13H20N2O3/c16-12-2-1-11(13(17)9-12)10-14-3-4-15-5-7-18-8-6-15/h1-2,9,14,16-17H,3-8,10H2. The first-order valence-electron chi connectivity index (χ1n) is 6.27. The minimum Gasteiger partial charge on any atom is -0.508 e. The van der Waals surface area contributed by atoms with E-state index in [4.69, 9.17) is 4.74 Å². The third-order valence-electron chi connectivity index (χ3n) is 3.09. The summed E-state index contributed by atoms with van der Waals surface area (Å²) < 4.78 is 5.28. The van der Waals surface area contributed by atoms with E-state index in [1.54, 1.807) is 12.1 Å². The Labute approximate surface area is 107 Å². The molecule has 0 aliphatic carbocycles. The molecule has 0 amide bonds. The summed E-state index contributed by atoms with van der Waals surface area (Å²) in [6, 6.07) is 4.67. The predicted molar refractivity (Wildman–Crippen MR) is 68.7 cm³/mol. The summed E-state index contributed by atoms with van der Waals surface area (Å²) in [7, 11) is 0. The SMILES string of the molecule is Oc1ccc(CNCCN2CCOCC2)c(O)c1. The van der Waals surface area contributed by atoms with Crippen LogP contribution in [0.2, 0.25) is 0 Å². The Kier molecular flexibility index (Phi) is 4.81. The van der Waals surface area contributed by atoms with Gasteiger partial charge in [0, 0.05) is 44.4 Å². The molecule has 0 unspecified atom stereocenters. The highest BCUT2D eigenvalue weighted by atomic mass is 16.5. The maximum absolute atomic E-state index is 9.61. The topological polar surface area (TPSA) is 65.0 Å². The maximum atomic E-state index is 9.61. The molecule has 0 saturated carbocycles. The molecule has 0 radical (unpaired) electrons. The van der Waals surface area contributed by atoms with Crippen LogP contribution >= 0.6 is 0 Å². The largest absolute Gasteiger partial charge is 0.508 e. The van der Waals surface area contributed by atoms with E-state index in [0.717, 1.165) is 45.0 Å². The number of morpholine rings is 1. The number of phenols is 2. The second kappa shape index (κ2) is 6.58. The number of hydrogen-bond acceptors (Lipinski definition) is 5. The number of rotatable bonds is 5. The molecule has 5 heteroatoms. The lowest BCUT2D eigenvalue weighted by molar-refractivity contribution is 0.0384. The van der Waals surface area contributed by atoms with Crippen LogP contribution in [0.1, 0.15) is 5.56 Å². The van der Waals surface area contributed by atoms with Crippen molar-refractivity contribution >= 4 is 0 Å². The van der Waals surface area contributed by atoms with Gasteiger partial charge in [0.15, 0.2) is 0 Å². The van der Waals surface area contributed by atoms with Crippen molar-refractivity contribution in [1.29, 1.82) is 0 Å². The van der Waals surface area contributed by atoms with Gasteiger partial charge in [-0.15, -0.1) is 0 Å². The van der Waals surface area contributed by atoms with E-state index >= 15 is 0 Å². The Balaban J connectivity index is 1.68. The summed E-state index contributed by atoms with van der Waals surface area (Å²) in [6.45, 7) is 6.09. The predicted octanol–water partition coefficient (Wildman–Crippen LogP) is 0.520. The molecule has 1 saturated heterocycles. The number of ether oxygens (including phenoxy) is 1. The first-order valence-corrected chi connectivity index (χ1v) is 6.27. The van der Waals surface area contributed by atoms with Gasteiger partial charge in [-0.3, -0.25) is 4.90 Å². The van der Waals surface area contributed by atoms with Gasteiger partial charge in [-0.1, -0.05) is 6.07 Å². The summed E-state index contributed by atoms with van der Waals surface area (Å²) in [5.41, 5.74) is 0.801. The minimum absolute atomic E-state index is 0.0876. The van der Waals surface area contributed by atoms with E-state index in [1.165, 1.54) is 6.07 Å². The molecule has 3 N–H and O–H groups in total. The first kappa shape index (κ1) is 13.1. The van der Waals surface area contributed by atoms with Crippen molar-refractivity contribution in [2.45, 2.75) is 6.54 Å². The van der Waals surface area contributed by atoms with E-state index in [2.05, 4.69) is 10.2 Å². The van der Waals surface area contributed by atoms with Gasteiger partial charge in [0.05, 0.1) is 13.2 Å². The molecular weight excluding hydrogens is 232 g/mol. The highest BCUT2D eigenvalue weighted by molar-refractivity contribution is 5.38. The van der Waals surface area contributed by atoms with Gasteiger partial charge in [-0.05, 0) is 6.07 Å². The second-order valence-electron chi connectivity index (χ2n) is 4.44. The summed E-state index contributed by atoms with van der Waals surface area (Å²) in [5, 5.41) is 22.1. The number of aromatic hydroxyl groups is 2. The first-order chi connectivity index (χ1) is 8.75. The Morgan fingerprint density at radius 2 is 2.00 bits per heavy atom. The molecule has 1 aromatic carbocycles. The average molecular weight is 252 g/mol. The molecule has 1 aromatic rings. The average Bonchev–Trinajstić information content (AvgIpc) is 2.38. The summed E-state index contributed by atoms with van der Waals surface area (Å²) in [5.74, 6) is 0.221. The van der Waals surface area contributed by atoms with E-state index in [1.807, 2.05) is 0 Å². The van der Waals surface area contributed by atoms with Crippen molar-refractivity contribution in [3.05, 3.63) is 23.8 Å². The van der Waals surface area contributed by atoms with Crippen LogP contribution in [-0.2, 0) is 11.3 Å². The second-order valence-corrected chi connectivity index (χ2v) is 4.44. The van der Waals surface area contributed by atoms with Crippen molar-refractivity contribution in [2.24, 2.45) is 0 Å². The van der Waals surface area contributed by atoms with Gasteiger partial charge >= 0.3 is 0 Å². The van der Waals surface area contributed by atoms with Crippen molar-refractivity contribution < 1.29 is 14.9 Å². The fourth-order valence-electron chi connectivity index (χ4n) is 1.99. The lowest BCUT2D eigenvalue weighted by Gasteiger charge is -2.26. The third-order valence-corrected chi connectivity index (χ3v) is 3.09. The lowest BCUT2D eigenvalue weighted by atomic mass is 10.2.